The maximum absolute atomic E-state index is 13.6. The third-order valence-electron chi connectivity index (χ3n) is 14.7. The number of ether oxygens (including phenoxy) is 1. The molecule has 3 atom stereocenters. The van der Waals surface area contributed by atoms with Crippen molar-refractivity contribution in [2.45, 2.75) is 315 Å². The molecule has 0 aliphatic heterocycles. The van der Waals surface area contributed by atoms with Gasteiger partial charge in [-0.05, 0) is 76.7 Å². The third-order valence-corrected chi connectivity index (χ3v) is 15.6. The fourth-order valence-electron chi connectivity index (χ4n) is 9.56. The van der Waals surface area contributed by atoms with E-state index in [4.69, 9.17) is 13.8 Å². The minimum atomic E-state index is -4.45. The molecule has 0 aromatic carbocycles. The number of carbonyl (C=O) groups excluding carboxylic acids is 2. The van der Waals surface area contributed by atoms with Gasteiger partial charge in [-0.2, -0.15) is 0 Å². The highest BCUT2D eigenvalue weighted by Gasteiger charge is 2.30. The standard InChI is InChI=1S/C69H127N2O7P/c1-7-10-13-16-19-22-25-28-29-30-31-32-33-34-35-36-37-38-39-40-41-44-46-49-52-55-58-61-68(72)70-66(65-77-79(74,75)76-64-63-71(4,5)6)67(60-57-54-51-48-45-42-26-23-20-17-14-11-8-2)78-69(73)62-59-56-53-50-47-43-27-24-21-18-15-12-9-3/h10,13,19,22,28-29,31-32,34-35,57,60,66-67H,7-9,11-12,14-18,20-21,23-27,30,33,36-56,58-59,61-65H2,1-6H3,(H-,70,72,74,75)/p+1/b13-10-,22-19-,29-28-,32-31-,35-34-,60-57-. The van der Waals surface area contributed by atoms with Crippen molar-refractivity contribution >= 4 is 19.7 Å². The molecule has 460 valence electrons. The summed E-state index contributed by atoms with van der Waals surface area (Å²) in [4.78, 5) is 37.8. The molecule has 0 aliphatic carbocycles. The van der Waals surface area contributed by atoms with Gasteiger partial charge < -0.3 is 19.4 Å². The number of phosphoric ester groups is 1. The predicted molar refractivity (Wildman–Crippen MR) is 341 cm³/mol. The van der Waals surface area contributed by atoms with Crippen LogP contribution in [0.25, 0.3) is 0 Å². The normalized spacial score (nSPS) is 14.1. The topological polar surface area (TPSA) is 111 Å². The van der Waals surface area contributed by atoms with E-state index >= 15 is 0 Å². The molecule has 0 fully saturated rings. The number of esters is 1. The molecule has 0 bridgehead atoms. The van der Waals surface area contributed by atoms with E-state index in [1.165, 1.54) is 180 Å². The van der Waals surface area contributed by atoms with Gasteiger partial charge in [0.15, 0.2) is 0 Å². The minimum absolute atomic E-state index is 0.0394. The maximum Gasteiger partial charge on any atom is 0.472 e. The average Bonchev–Trinajstić information content (AvgIpc) is 3.41. The molecular weight excluding hydrogens is 1000 g/mol. The first-order valence-electron chi connectivity index (χ1n) is 33.3. The predicted octanol–water partition coefficient (Wildman–Crippen LogP) is 20.8. The zero-order valence-corrected chi connectivity index (χ0v) is 53.5. The van der Waals surface area contributed by atoms with Crippen LogP contribution in [-0.4, -0.2) is 74.3 Å². The minimum Gasteiger partial charge on any atom is -0.456 e. The Morgan fingerprint density at radius 1 is 0.456 bits per heavy atom. The van der Waals surface area contributed by atoms with Crippen LogP contribution in [0.3, 0.4) is 0 Å². The Morgan fingerprint density at radius 3 is 1.22 bits per heavy atom. The van der Waals surface area contributed by atoms with Crippen molar-refractivity contribution in [3.63, 3.8) is 0 Å². The zero-order chi connectivity index (χ0) is 57.9. The summed E-state index contributed by atoms with van der Waals surface area (Å²) in [5.41, 5.74) is 0. The van der Waals surface area contributed by atoms with E-state index in [1.54, 1.807) is 0 Å². The van der Waals surface area contributed by atoms with Gasteiger partial charge in [0.1, 0.15) is 19.3 Å². The Labute approximate surface area is 489 Å². The summed E-state index contributed by atoms with van der Waals surface area (Å²) in [5.74, 6) is -0.500. The monoisotopic (exact) mass is 1130 g/mol. The molecule has 0 rings (SSSR count). The van der Waals surface area contributed by atoms with E-state index in [1.807, 2.05) is 33.3 Å². The number of carbonyl (C=O) groups is 2. The lowest BCUT2D eigenvalue weighted by molar-refractivity contribution is -0.870. The number of phosphoric acid groups is 1. The second kappa shape index (κ2) is 58.6. The van der Waals surface area contributed by atoms with Crippen molar-refractivity contribution in [3.05, 3.63) is 72.9 Å². The number of allylic oxidation sites excluding steroid dienone is 11. The molecule has 10 heteroatoms. The van der Waals surface area contributed by atoms with Crippen molar-refractivity contribution < 1.29 is 37.3 Å². The number of unbranched alkanes of at least 4 members (excludes halogenated alkanes) is 34. The summed E-state index contributed by atoms with van der Waals surface area (Å²) in [6.07, 6.45) is 76.2. The van der Waals surface area contributed by atoms with Gasteiger partial charge in [-0.25, -0.2) is 4.57 Å². The largest absolute Gasteiger partial charge is 0.472 e. The van der Waals surface area contributed by atoms with Gasteiger partial charge in [0.05, 0.1) is 33.8 Å². The van der Waals surface area contributed by atoms with Crippen molar-refractivity contribution in [2.75, 3.05) is 40.9 Å². The molecule has 2 N–H and O–H groups in total. The zero-order valence-electron chi connectivity index (χ0n) is 52.6. The average molecular weight is 1130 g/mol. The highest BCUT2D eigenvalue weighted by molar-refractivity contribution is 7.47. The first-order chi connectivity index (χ1) is 38.4. The molecule has 0 heterocycles. The summed E-state index contributed by atoms with van der Waals surface area (Å²) in [7, 11) is 1.50. The molecule has 1 amide bonds. The van der Waals surface area contributed by atoms with E-state index in [9.17, 15) is 19.0 Å². The Kier molecular flexibility index (Phi) is 56.7. The molecule has 9 nitrogen and oxygen atoms in total. The highest BCUT2D eigenvalue weighted by Crippen LogP contribution is 2.43. The fraction of sp³-hybridized carbons (Fsp3) is 0.797. The second-order valence-corrected chi connectivity index (χ2v) is 25.1. The Balaban J connectivity index is 5.07. The number of nitrogens with one attached hydrogen (secondary N) is 1. The van der Waals surface area contributed by atoms with Crippen LogP contribution in [-0.2, 0) is 27.9 Å². The maximum atomic E-state index is 13.6. The van der Waals surface area contributed by atoms with Crippen LogP contribution in [0.15, 0.2) is 72.9 Å². The van der Waals surface area contributed by atoms with E-state index < -0.39 is 20.0 Å². The number of hydrogen-bond donors (Lipinski definition) is 2. The Hall–Kier alpha value is -2.55. The van der Waals surface area contributed by atoms with Crippen LogP contribution in [0, 0.1) is 0 Å². The number of rotatable bonds is 60. The van der Waals surface area contributed by atoms with Crippen molar-refractivity contribution in [2.24, 2.45) is 0 Å². The molecule has 0 saturated carbocycles. The number of nitrogens with zero attached hydrogens (tertiary/aromatic N) is 1. The van der Waals surface area contributed by atoms with Crippen molar-refractivity contribution in [1.29, 1.82) is 0 Å². The van der Waals surface area contributed by atoms with Gasteiger partial charge in [-0.1, -0.05) is 287 Å². The molecule has 0 aromatic rings. The second-order valence-electron chi connectivity index (χ2n) is 23.6. The van der Waals surface area contributed by atoms with E-state index in [2.05, 4.69) is 86.8 Å². The lowest BCUT2D eigenvalue weighted by atomic mass is 10.0. The molecule has 0 saturated heterocycles. The van der Waals surface area contributed by atoms with Gasteiger partial charge in [-0.15, -0.1) is 0 Å². The summed E-state index contributed by atoms with van der Waals surface area (Å²) in [6.45, 7) is 6.92. The van der Waals surface area contributed by atoms with Crippen LogP contribution in [0.4, 0.5) is 0 Å². The van der Waals surface area contributed by atoms with Gasteiger partial charge in [0, 0.05) is 12.8 Å². The molecule has 0 aliphatic rings. The molecular formula is C69H128N2O7P+. The van der Waals surface area contributed by atoms with E-state index in [0.29, 0.717) is 23.9 Å². The van der Waals surface area contributed by atoms with Gasteiger partial charge in [-0.3, -0.25) is 18.6 Å². The highest BCUT2D eigenvalue weighted by atomic mass is 31.2. The first-order valence-corrected chi connectivity index (χ1v) is 34.8. The number of quaternary nitrogens is 1. The van der Waals surface area contributed by atoms with Crippen molar-refractivity contribution in [1.82, 2.24) is 5.32 Å². The van der Waals surface area contributed by atoms with Crippen LogP contribution >= 0.6 is 7.82 Å². The molecule has 0 spiro atoms. The Morgan fingerprint density at radius 2 is 0.810 bits per heavy atom. The lowest BCUT2D eigenvalue weighted by Gasteiger charge is -2.27. The molecule has 3 unspecified atom stereocenters. The lowest BCUT2D eigenvalue weighted by Crippen LogP contribution is -2.47. The number of likely N-dealkylation sites (N-methyl/N-ethyl adjacent to an activating group) is 1. The quantitative estimate of drug-likeness (QED) is 0.0205. The van der Waals surface area contributed by atoms with Gasteiger partial charge >= 0.3 is 13.8 Å². The summed E-state index contributed by atoms with van der Waals surface area (Å²) < 4.78 is 30.7. The number of amides is 1. The smallest absolute Gasteiger partial charge is 0.456 e. The first kappa shape index (κ1) is 76.5. The summed E-state index contributed by atoms with van der Waals surface area (Å²) in [6, 6.07) is -0.850. The van der Waals surface area contributed by atoms with Crippen LogP contribution in [0.2, 0.25) is 0 Å². The molecule has 79 heavy (non-hydrogen) atoms. The van der Waals surface area contributed by atoms with Crippen LogP contribution < -0.4 is 5.32 Å². The van der Waals surface area contributed by atoms with Crippen LogP contribution in [0.5, 0.6) is 0 Å². The third kappa shape index (κ3) is 59.9. The molecule has 0 radical (unpaired) electrons. The van der Waals surface area contributed by atoms with Gasteiger partial charge in [0.25, 0.3) is 0 Å². The van der Waals surface area contributed by atoms with E-state index in [-0.39, 0.29) is 25.1 Å². The van der Waals surface area contributed by atoms with Gasteiger partial charge in [0.2, 0.25) is 5.91 Å². The summed E-state index contributed by atoms with van der Waals surface area (Å²) in [5, 5.41) is 3.07. The summed E-state index contributed by atoms with van der Waals surface area (Å²) >= 11 is 0. The number of hydrogen-bond acceptors (Lipinski definition) is 6. The van der Waals surface area contributed by atoms with Crippen LogP contribution in [0.1, 0.15) is 303 Å². The fourth-order valence-corrected chi connectivity index (χ4v) is 10.3. The SMILES string of the molecule is CC/C=C\C/C=C\C/C=C\C/C=C\C/C=C\CCCCCCCCCCCCCC(=O)NC(COP(=O)(O)OCC[N+](C)(C)C)C(/C=C\CCCCCCCCCCCCC)OC(=O)CCCCCCCCCCCCCCC. The van der Waals surface area contributed by atoms with Crippen molar-refractivity contribution in [3.8, 4) is 0 Å². The Bertz CT molecular complexity index is 1580. The molecule has 0 aromatic heterocycles. The van der Waals surface area contributed by atoms with E-state index in [0.717, 1.165) is 89.9 Å².